The van der Waals surface area contributed by atoms with Crippen LogP contribution in [0.3, 0.4) is 0 Å². The van der Waals surface area contributed by atoms with E-state index in [-0.39, 0.29) is 24.0 Å². The molecule has 1 fully saturated rings. The van der Waals surface area contributed by atoms with E-state index in [1.165, 1.54) is 22.8 Å². The molecule has 10 heteroatoms. The third-order valence-corrected chi connectivity index (χ3v) is 6.06. The third kappa shape index (κ3) is 5.80. The minimum Gasteiger partial charge on any atom is -0.357 e. The lowest BCUT2D eigenvalue weighted by atomic mass is 10.1. The van der Waals surface area contributed by atoms with Gasteiger partial charge in [0.05, 0.1) is 5.69 Å². The number of hydrogen-bond acceptors (Lipinski definition) is 6. The van der Waals surface area contributed by atoms with Crippen LogP contribution in [0.5, 0.6) is 0 Å². The Kier molecular flexibility index (Phi) is 9.12. The molecule has 2 aromatic heterocycles. The molecule has 8 nitrogen and oxygen atoms in total. The van der Waals surface area contributed by atoms with Gasteiger partial charge in [-0.1, -0.05) is 6.92 Å². The van der Waals surface area contributed by atoms with Crippen molar-refractivity contribution in [1.29, 1.82) is 0 Å². The Hall–Kier alpha value is -1.43. The molecule has 162 valence electrons. The molecular weight excluding hydrogens is 499 g/mol. The van der Waals surface area contributed by atoms with Crippen molar-refractivity contribution in [3.8, 4) is 0 Å². The largest absolute Gasteiger partial charge is 0.357 e. The average Bonchev–Trinajstić information content (AvgIpc) is 3.27. The van der Waals surface area contributed by atoms with Gasteiger partial charge in [-0.15, -0.1) is 24.0 Å². The number of anilines is 1. The molecule has 1 aliphatic rings. The molecule has 0 atom stereocenters. The fourth-order valence-electron chi connectivity index (χ4n) is 3.51. The standard InChI is InChI=1S/C19H32N8S.HI/c1-6-17-22-19(28-24-17)27-12-10-26(11-13-27)18(20-7-2)21-9-8-16-14(3)23-25(5)15(16)4;/h6-13H2,1-5H3,(H,20,21);1H. The van der Waals surface area contributed by atoms with Gasteiger partial charge in [0.2, 0.25) is 5.13 Å². The summed E-state index contributed by atoms with van der Waals surface area (Å²) in [5.41, 5.74) is 3.65. The molecule has 0 spiro atoms. The van der Waals surface area contributed by atoms with Crippen LogP contribution in [0.25, 0.3) is 0 Å². The highest BCUT2D eigenvalue weighted by atomic mass is 127. The maximum Gasteiger partial charge on any atom is 0.205 e. The van der Waals surface area contributed by atoms with E-state index in [0.29, 0.717) is 0 Å². The maximum atomic E-state index is 4.89. The Morgan fingerprint density at radius 1 is 1.17 bits per heavy atom. The van der Waals surface area contributed by atoms with Crippen molar-refractivity contribution >= 4 is 46.6 Å². The van der Waals surface area contributed by atoms with Gasteiger partial charge in [0.15, 0.2) is 5.96 Å². The summed E-state index contributed by atoms with van der Waals surface area (Å²) in [6.45, 7) is 13.8. The second-order valence-corrected chi connectivity index (χ2v) is 7.81. The zero-order valence-electron chi connectivity index (χ0n) is 18.1. The summed E-state index contributed by atoms with van der Waals surface area (Å²) < 4.78 is 6.37. The summed E-state index contributed by atoms with van der Waals surface area (Å²) in [4.78, 5) is 14.2. The summed E-state index contributed by atoms with van der Waals surface area (Å²) >= 11 is 1.51. The Labute approximate surface area is 195 Å². The number of aliphatic imine (C=N–C) groups is 1. The lowest BCUT2D eigenvalue weighted by Crippen LogP contribution is -2.52. The van der Waals surface area contributed by atoms with Gasteiger partial charge in [-0.3, -0.25) is 9.67 Å². The van der Waals surface area contributed by atoms with Crippen molar-refractivity contribution in [3.05, 3.63) is 22.8 Å². The predicted molar refractivity (Wildman–Crippen MR) is 131 cm³/mol. The number of halogens is 1. The minimum absolute atomic E-state index is 0. The number of guanidine groups is 1. The topological polar surface area (TPSA) is 74.5 Å². The summed E-state index contributed by atoms with van der Waals surface area (Å²) in [7, 11) is 2.00. The SMILES string of the molecule is CCNC(=NCCc1c(C)nn(C)c1C)N1CCN(c2nc(CC)ns2)CC1.I. The zero-order chi connectivity index (χ0) is 20.1. The molecule has 2 aromatic rings. The van der Waals surface area contributed by atoms with Crippen LogP contribution in [0.2, 0.25) is 0 Å². The molecule has 0 saturated carbocycles. The van der Waals surface area contributed by atoms with Crippen LogP contribution >= 0.6 is 35.5 Å². The zero-order valence-corrected chi connectivity index (χ0v) is 21.3. The van der Waals surface area contributed by atoms with Gasteiger partial charge in [-0.05, 0) is 32.8 Å². The molecule has 3 heterocycles. The van der Waals surface area contributed by atoms with Gasteiger partial charge in [-0.2, -0.15) is 9.47 Å². The van der Waals surface area contributed by atoms with Crippen LogP contribution in [0.4, 0.5) is 5.13 Å². The van der Waals surface area contributed by atoms with Gasteiger partial charge >= 0.3 is 0 Å². The number of piperazine rings is 1. The van der Waals surface area contributed by atoms with Crippen molar-refractivity contribution in [3.63, 3.8) is 0 Å². The first-order chi connectivity index (χ1) is 13.5. The monoisotopic (exact) mass is 532 g/mol. The molecule has 0 amide bonds. The summed E-state index contributed by atoms with van der Waals surface area (Å²) in [5.74, 6) is 1.95. The fourth-order valence-corrected chi connectivity index (χ4v) is 4.31. The third-order valence-electron chi connectivity index (χ3n) is 5.24. The Bertz CT molecular complexity index is 807. The predicted octanol–water partition coefficient (Wildman–Crippen LogP) is 2.40. The van der Waals surface area contributed by atoms with Gasteiger partial charge in [0.1, 0.15) is 5.82 Å². The van der Waals surface area contributed by atoms with E-state index >= 15 is 0 Å². The second-order valence-electron chi connectivity index (χ2n) is 7.08. The molecule has 1 saturated heterocycles. The fraction of sp³-hybridized carbons (Fsp3) is 0.684. The van der Waals surface area contributed by atoms with Crippen LogP contribution in [0.1, 0.15) is 36.6 Å². The summed E-state index contributed by atoms with van der Waals surface area (Å²) in [6.07, 6.45) is 1.81. The molecule has 0 aromatic carbocycles. The number of aryl methyl sites for hydroxylation is 3. The van der Waals surface area contributed by atoms with Crippen LogP contribution in [0.15, 0.2) is 4.99 Å². The van der Waals surface area contributed by atoms with E-state index < -0.39 is 0 Å². The van der Waals surface area contributed by atoms with Crippen molar-refractivity contribution in [2.45, 2.75) is 40.5 Å². The van der Waals surface area contributed by atoms with Gasteiger partial charge < -0.3 is 15.1 Å². The smallest absolute Gasteiger partial charge is 0.205 e. The average molecular weight is 533 g/mol. The first-order valence-electron chi connectivity index (χ1n) is 10.1. The van der Waals surface area contributed by atoms with E-state index in [9.17, 15) is 0 Å². The Morgan fingerprint density at radius 2 is 1.90 bits per heavy atom. The van der Waals surface area contributed by atoms with Crippen LogP contribution in [-0.2, 0) is 19.9 Å². The van der Waals surface area contributed by atoms with Gasteiger partial charge in [-0.25, -0.2) is 4.98 Å². The molecule has 0 radical (unpaired) electrons. The lowest BCUT2D eigenvalue weighted by molar-refractivity contribution is 0.372. The molecule has 0 bridgehead atoms. The van der Waals surface area contributed by atoms with E-state index in [2.05, 4.69) is 57.3 Å². The van der Waals surface area contributed by atoms with Crippen LogP contribution in [-0.4, -0.2) is 69.3 Å². The lowest BCUT2D eigenvalue weighted by Gasteiger charge is -2.36. The molecule has 1 aliphatic heterocycles. The number of nitrogens with zero attached hydrogens (tertiary/aromatic N) is 7. The highest BCUT2D eigenvalue weighted by Crippen LogP contribution is 2.19. The Morgan fingerprint density at radius 3 is 2.45 bits per heavy atom. The highest BCUT2D eigenvalue weighted by Gasteiger charge is 2.22. The van der Waals surface area contributed by atoms with Crippen LogP contribution in [0, 0.1) is 13.8 Å². The van der Waals surface area contributed by atoms with E-state index in [4.69, 9.17) is 4.99 Å². The van der Waals surface area contributed by atoms with E-state index in [1.807, 2.05) is 11.7 Å². The minimum atomic E-state index is 0. The number of nitrogens with one attached hydrogen (secondary N) is 1. The molecular formula is C19H33IN8S. The first-order valence-corrected chi connectivity index (χ1v) is 10.9. The van der Waals surface area contributed by atoms with Crippen molar-refractivity contribution in [2.75, 3.05) is 44.2 Å². The van der Waals surface area contributed by atoms with Crippen molar-refractivity contribution < 1.29 is 0 Å². The Balaban J connectivity index is 0.00000300. The molecule has 0 unspecified atom stereocenters. The van der Waals surface area contributed by atoms with E-state index in [0.717, 1.165) is 74.7 Å². The number of rotatable bonds is 6. The van der Waals surface area contributed by atoms with Gasteiger partial charge in [0, 0.05) is 70.0 Å². The molecule has 0 aliphatic carbocycles. The molecule has 3 rings (SSSR count). The normalized spacial score (nSPS) is 14.9. The number of hydrogen-bond donors (Lipinski definition) is 1. The number of aromatic nitrogens is 4. The van der Waals surface area contributed by atoms with Crippen molar-refractivity contribution in [2.24, 2.45) is 12.0 Å². The van der Waals surface area contributed by atoms with E-state index in [1.54, 1.807) is 0 Å². The van der Waals surface area contributed by atoms with Crippen molar-refractivity contribution in [1.82, 2.24) is 29.4 Å². The summed E-state index contributed by atoms with van der Waals surface area (Å²) in [5, 5.41) is 9.00. The highest BCUT2D eigenvalue weighted by molar-refractivity contribution is 14.0. The first kappa shape index (κ1) is 23.8. The molecule has 1 N–H and O–H groups in total. The quantitative estimate of drug-likeness (QED) is 0.350. The summed E-state index contributed by atoms with van der Waals surface area (Å²) in [6, 6.07) is 0. The second kappa shape index (κ2) is 11.1. The van der Waals surface area contributed by atoms with Crippen LogP contribution < -0.4 is 10.2 Å². The van der Waals surface area contributed by atoms with Gasteiger partial charge in [0.25, 0.3) is 0 Å². The maximum absolute atomic E-state index is 4.89. The molecule has 29 heavy (non-hydrogen) atoms.